The maximum absolute atomic E-state index is 10.4. The highest BCUT2D eigenvalue weighted by Crippen LogP contribution is 2.27. The average Bonchev–Trinajstić information content (AvgIpc) is 2.44. The molecule has 0 aromatic heterocycles. The Morgan fingerprint density at radius 2 is 1.65 bits per heavy atom. The molecule has 0 amide bonds. The maximum atomic E-state index is 10.4. The standard InChI is InChI=1S/C18H22O2/c1-12-10-13(2)14(3)17(11-12)20-15(4)18(19)16-8-6-5-7-9-16/h5-11,15,18-19H,1-4H3. The highest BCUT2D eigenvalue weighted by Gasteiger charge is 2.19. The van der Waals surface area contributed by atoms with Crippen LogP contribution in [0, 0.1) is 20.8 Å². The molecular formula is C18H22O2. The monoisotopic (exact) mass is 270 g/mol. The molecule has 2 heteroatoms. The van der Waals surface area contributed by atoms with Crippen LogP contribution in [0.4, 0.5) is 0 Å². The molecule has 2 aromatic rings. The first-order valence-electron chi connectivity index (χ1n) is 6.96. The highest BCUT2D eigenvalue weighted by molar-refractivity contribution is 5.42. The Balaban J connectivity index is 2.18. The molecule has 0 saturated carbocycles. The molecule has 2 atom stereocenters. The van der Waals surface area contributed by atoms with Gasteiger partial charge in [0.25, 0.3) is 0 Å². The van der Waals surface area contributed by atoms with Crippen molar-refractivity contribution in [2.75, 3.05) is 0 Å². The SMILES string of the molecule is Cc1cc(C)c(C)c(OC(C)C(O)c2ccccc2)c1. The van der Waals surface area contributed by atoms with Crippen LogP contribution in [0.3, 0.4) is 0 Å². The molecule has 0 radical (unpaired) electrons. The van der Waals surface area contributed by atoms with Gasteiger partial charge in [-0.1, -0.05) is 36.4 Å². The number of aryl methyl sites for hydroxylation is 2. The Labute approximate surface area is 121 Å². The van der Waals surface area contributed by atoms with Crippen LogP contribution in [0.15, 0.2) is 42.5 Å². The number of aliphatic hydroxyl groups excluding tert-OH is 1. The smallest absolute Gasteiger partial charge is 0.126 e. The summed E-state index contributed by atoms with van der Waals surface area (Å²) >= 11 is 0. The van der Waals surface area contributed by atoms with Crippen LogP contribution in [0.25, 0.3) is 0 Å². The van der Waals surface area contributed by atoms with Gasteiger partial charge in [-0.25, -0.2) is 0 Å². The van der Waals surface area contributed by atoms with Gasteiger partial charge in [-0.05, 0) is 56.0 Å². The molecule has 0 bridgehead atoms. The number of hydrogen-bond acceptors (Lipinski definition) is 2. The lowest BCUT2D eigenvalue weighted by Crippen LogP contribution is -2.22. The third-order valence-corrected chi connectivity index (χ3v) is 3.66. The fourth-order valence-corrected chi connectivity index (χ4v) is 2.31. The summed E-state index contributed by atoms with van der Waals surface area (Å²) in [5, 5.41) is 10.4. The first-order chi connectivity index (χ1) is 9.49. The fraction of sp³-hybridized carbons (Fsp3) is 0.333. The predicted molar refractivity (Wildman–Crippen MR) is 82.1 cm³/mol. The molecular weight excluding hydrogens is 248 g/mol. The Kier molecular flexibility index (Phi) is 4.46. The third-order valence-electron chi connectivity index (χ3n) is 3.66. The summed E-state index contributed by atoms with van der Waals surface area (Å²) in [6.45, 7) is 8.07. The van der Waals surface area contributed by atoms with Crippen LogP contribution < -0.4 is 4.74 Å². The van der Waals surface area contributed by atoms with Crippen molar-refractivity contribution >= 4 is 0 Å². The van der Waals surface area contributed by atoms with Gasteiger partial charge in [0, 0.05) is 0 Å². The minimum absolute atomic E-state index is 0.294. The molecule has 2 aromatic carbocycles. The molecule has 1 N–H and O–H groups in total. The first kappa shape index (κ1) is 14.6. The molecule has 0 aliphatic heterocycles. The van der Waals surface area contributed by atoms with E-state index in [0.717, 1.165) is 16.9 Å². The second-order valence-corrected chi connectivity index (χ2v) is 5.38. The van der Waals surface area contributed by atoms with Gasteiger partial charge < -0.3 is 9.84 Å². The molecule has 0 saturated heterocycles. The van der Waals surface area contributed by atoms with Gasteiger partial charge >= 0.3 is 0 Å². The molecule has 2 nitrogen and oxygen atoms in total. The van der Waals surface area contributed by atoms with Crippen LogP contribution in [0.5, 0.6) is 5.75 Å². The number of aliphatic hydroxyl groups is 1. The van der Waals surface area contributed by atoms with Gasteiger partial charge in [-0.15, -0.1) is 0 Å². The Morgan fingerprint density at radius 1 is 1.00 bits per heavy atom. The lowest BCUT2D eigenvalue weighted by atomic mass is 10.0. The summed E-state index contributed by atoms with van der Waals surface area (Å²) in [5.41, 5.74) is 4.38. The summed E-state index contributed by atoms with van der Waals surface area (Å²) in [6.07, 6.45) is -0.922. The quantitative estimate of drug-likeness (QED) is 0.905. The second kappa shape index (κ2) is 6.10. The van der Waals surface area contributed by atoms with E-state index in [2.05, 4.69) is 19.9 Å². The predicted octanol–water partition coefficient (Wildman–Crippen LogP) is 4.11. The van der Waals surface area contributed by atoms with Crippen molar-refractivity contribution in [2.24, 2.45) is 0 Å². The normalized spacial score (nSPS) is 13.8. The lowest BCUT2D eigenvalue weighted by molar-refractivity contribution is 0.0463. The largest absolute Gasteiger partial charge is 0.487 e. The fourth-order valence-electron chi connectivity index (χ4n) is 2.31. The summed E-state index contributed by atoms with van der Waals surface area (Å²) in [6, 6.07) is 13.8. The van der Waals surface area contributed by atoms with Crippen LogP contribution in [0.2, 0.25) is 0 Å². The molecule has 20 heavy (non-hydrogen) atoms. The molecule has 0 heterocycles. The van der Waals surface area contributed by atoms with Crippen molar-refractivity contribution in [1.29, 1.82) is 0 Å². The summed E-state index contributed by atoms with van der Waals surface area (Å²) in [4.78, 5) is 0. The molecule has 0 fully saturated rings. The van der Waals surface area contributed by atoms with Crippen molar-refractivity contribution in [3.05, 3.63) is 64.7 Å². The van der Waals surface area contributed by atoms with E-state index >= 15 is 0 Å². The number of ether oxygens (including phenoxy) is 1. The summed E-state index contributed by atoms with van der Waals surface area (Å²) in [7, 11) is 0. The van der Waals surface area contributed by atoms with E-state index in [1.807, 2.05) is 50.2 Å². The van der Waals surface area contributed by atoms with Crippen molar-refractivity contribution in [1.82, 2.24) is 0 Å². The van der Waals surface area contributed by atoms with Gasteiger partial charge in [0.15, 0.2) is 0 Å². The van der Waals surface area contributed by atoms with E-state index in [1.165, 1.54) is 11.1 Å². The summed E-state index contributed by atoms with van der Waals surface area (Å²) < 4.78 is 5.97. The Hall–Kier alpha value is -1.80. The zero-order valence-corrected chi connectivity index (χ0v) is 12.6. The van der Waals surface area contributed by atoms with Gasteiger partial charge in [0.05, 0.1) is 0 Å². The minimum atomic E-state index is -0.628. The average molecular weight is 270 g/mol. The van der Waals surface area contributed by atoms with E-state index in [-0.39, 0.29) is 6.10 Å². The van der Waals surface area contributed by atoms with E-state index in [9.17, 15) is 5.11 Å². The minimum Gasteiger partial charge on any atom is -0.487 e. The van der Waals surface area contributed by atoms with Crippen LogP contribution in [0.1, 0.15) is 35.3 Å². The number of rotatable bonds is 4. The highest BCUT2D eigenvalue weighted by atomic mass is 16.5. The molecule has 0 spiro atoms. The van der Waals surface area contributed by atoms with Gasteiger partial charge in [0.2, 0.25) is 0 Å². The third kappa shape index (κ3) is 3.20. The number of benzene rings is 2. The van der Waals surface area contributed by atoms with Gasteiger partial charge in [0.1, 0.15) is 18.0 Å². The molecule has 0 aliphatic carbocycles. The topological polar surface area (TPSA) is 29.5 Å². The van der Waals surface area contributed by atoms with Crippen molar-refractivity contribution in [3.63, 3.8) is 0 Å². The maximum Gasteiger partial charge on any atom is 0.126 e. The van der Waals surface area contributed by atoms with Crippen LogP contribution in [-0.2, 0) is 0 Å². The van der Waals surface area contributed by atoms with Gasteiger partial charge in [-0.3, -0.25) is 0 Å². The Bertz CT molecular complexity index is 575. The van der Waals surface area contributed by atoms with Crippen LogP contribution in [-0.4, -0.2) is 11.2 Å². The van der Waals surface area contributed by atoms with Crippen molar-refractivity contribution < 1.29 is 9.84 Å². The summed E-state index contributed by atoms with van der Waals surface area (Å²) in [5.74, 6) is 0.852. The second-order valence-electron chi connectivity index (χ2n) is 5.38. The lowest BCUT2D eigenvalue weighted by Gasteiger charge is -2.22. The van der Waals surface area contributed by atoms with Crippen LogP contribution >= 0.6 is 0 Å². The zero-order chi connectivity index (χ0) is 14.7. The van der Waals surface area contributed by atoms with E-state index in [0.29, 0.717) is 0 Å². The van der Waals surface area contributed by atoms with Gasteiger partial charge in [-0.2, -0.15) is 0 Å². The molecule has 106 valence electrons. The van der Waals surface area contributed by atoms with Crippen molar-refractivity contribution in [2.45, 2.75) is 39.9 Å². The molecule has 0 aliphatic rings. The molecule has 2 unspecified atom stereocenters. The zero-order valence-electron chi connectivity index (χ0n) is 12.6. The molecule has 2 rings (SSSR count). The van der Waals surface area contributed by atoms with E-state index < -0.39 is 6.10 Å². The van der Waals surface area contributed by atoms with E-state index in [1.54, 1.807) is 0 Å². The Morgan fingerprint density at radius 3 is 2.30 bits per heavy atom. The number of hydrogen-bond donors (Lipinski definition) is 1. The van der Waals surface area contributed by atoms with E-state index in [4.69, 9.17) is 4.74 Å². The van der Waals surface area contributed by atoms with Crippen molar-refractivity contribution in [3.8, 4) is 5.75 Å². The first-order valence-corrected chi connectivity index (χ1v) is 6.96.